The zero-order chi connectivity index (χ0) is 14.7. The topological polar surface area (TPSA) is 35.2 Å². The van der Waals surface area contributed by atoms with Gasteiger partial charge in [0.2, 0.25) is 0 Å². The van der Waals surface area contributed by atoms with Crippen molar-refractivity contribution in [2.24, 2.45) is 5.73 Å². The summed E-state index contributed by atoms with van der Waals surface area (Å²) in [6.45, 7) is 0.200. The van der Waals surface area contributed by atoms with Crippen LogP contribution >= 0.6 is 39.7 Å². The van der Waals surface area contributed by atoms with Crippen LogP contribution in [0.15, 0.2) is 40.9 Å². The van der Waals surface area contributed by atoms with Crippen LogP contribution in [0.2, 0.25) is 5.02 Å². The lowest BCUT2D eigenvalue weighted by Crippen LogP contribution is -2.14. The molecule has 0 aliphatic heterocycles. The molecule has 0 aliphatic carbocycles. The molecule has 0 saturated carbocycles. The Bertz CT molecular complexity index is 666. The van der Waals surface area contributed by atoms with E-state index in [0.717, 1.165) is 10.0 Å². The Hall–Kier alpha value is -1.17. The fraction of sp³-hybridized carbons (Fsp3) is 0.0714. The predicted molar refractivity (Wildman–Crippen MR) is 85.8 cm³/mol. The molecule has 0 fully saturated rings. The van der Waals surface area contributed by atoms with Crippen LogP contribution in [0.4, 0.5) is 4.39 Å². The number of hydrogen-bond acceptors (Lipinski definition) is 2. The van der Waals surface area contributed by atoms with Crippen LogP contribution in [0.1, 0.15) is 11.1 Å². The van der Waals surface area contributed by atoms with Gasteiger partial charge in [-0.1, -0.05) is 51.9 Å². The Balaban J connectivity index is 2.23. The van der Waals surface area contributed by atoms with Gasteiger partial charge in [0.25, 0.3) is 0 Å². The van der Waals surface area contributed by atoms with Crippen molar-refractivity contribution in [3.63, 3.8) is 0 Å². The maximum Gasteiger partial charge on any atom is 0.137 e. The average molecular weight is 375 g/mol. The first-order chi connectivity index (χ1) is 9.49. The van der Waals surface area contributed by atoms with Crippen molar-refractivity contribution in [1.82, 2.24) is 0 Å². The first-order valence-electron chi connectivity index (χ1n) is 5.64. The summed E-state index contributed by atoms with van der Waals surface area (Å²) in [5.41, 5.74) is 6.41. The van der Waals surface area contributed by atoms with E-state index < -0.39 is 5.82 Å². The molecule has 2 N–H and O–H groups in total. The van der Waals surface area contributed by atoms with Crippen LogP contribution in [0, 0.1) is 5.82 Å². The summed E-state index contributed by atoms with van der Waals surface area (Å²) in [7, 11) is 0. The van der Waals surface area contributed by atoms with Crippen molar-refractivity contribution < 1.29 is 9.13 Å². The van der Waals surface area contributed by atoms with Gasteiger partial charge >= 0.3 is 0 Å². The standard InChI is InChI=1S/C14H10BrClFNOS/c15-9-5-4-8(10(16)6-9)7-19-12-3-1-2-11(17)13(12)14(18)20/h1-6H,7H2,(H2,18,20). The van der Waals surface area contributed by atoms with Gasteiger partial charge in [-0.05, 0) is 24.3 Å². The van der Waals surface area contributed by atoms with Gasteiger partial charge in [0.1, 0.15) is 23.2 Å². The van der Waals surface area contributed by atoms with Crippen LogP contribution in [0.3, 0.4) is 0 Å². The third kappa shape index (κ3) is 3.48. The van der Waals surface area contributed by atoms with Crippen LogP contribution in [-0.2, 0) is 6.61 Å². The monoisotopic (exact) mass is 373 g/mol. The van der Waals surface area contributed by atoms with Gasteiger partial charge in [0.15, 0.2) is 0 Å². The summed E-state index contributed by atoms with van der Waals surface area (Å²) in [4.78, 5) is -0.0417. The van der Waals surface area contributed by atoms with Gasteiger partial charge in [-0.2, -0.15) is 0 Å². The van der Waals surface area contributed by atoms with Crippen LogP contribution in [-0.4, -0.2) is 4.99 Å². The van der Waals surface area contributed by atoms with Gasteiger partial charge < -0.3 is 10.5 Å². The first-order valence-corrected chi connectivity index (χ1v) is 7.22. The number of thiocarbonyl (C=S) groups is 1. The summed E-state index contributed by atoms with van der Waals surface area (Å²) in [5.74, 6) is -0.201. The number of hydrogen-bond donors (Lipinski definition) is 1. The van der Waals surface area contributed by atoms with Gasteiger partial charge in [-0.25, -0.2) is 4.39 Å². The second-order valence-corrected chi connectivity index (χ2v) is 5.76. The molecule has 104 valence electrons. The molecule has 0 heterocycles. The summed E-state index contributed by atoms with van der Waals surface area (Å²) in [6, 6.07) is 9.88. The SMILES string of the molecule is NC(=S)c1c(F)cccc1OCc1ccc(Br)cc1Cl. The van der Waals surface area contributed by atoms with E-state index in [1.165, 1.54) is 12.1 Å². The molecule has 0 unspecified atom stereocenters. The Kier molecular flexibility index (Phi) is 4.96. The number of nitrogens with two attached hydrogens (primary N) is 1. The molecule has 0 amide bonds. The lowest BCUT2D eigenvalue weighted by molar-refractivity contribution is 0.304. The van der Waals surface area contributed by atoms with Crippen LogP contribution in [0.5, 0.6) is 5.75 Å². The van der Waals surface area contributed by atoms with E-state index in [1.807, 2.05) is 12.1 Å². The van der Waals surface area contributed by atoms with Gasteiger partial charge in [-0.3, -0.25) is 0 Å². The van der Waals surface area contributed by atoms with E-state index in [0.29, 0.717) is 10.8 Å². The van der Waals surface area contributed by atoms with E-state index in [9.17, 15) is 4.39 Å². The normalized spacial score (nSPS) is 10.3. The Morgan fingerprint density at radius 3 is 2.75 bits per heavy atom. The van der Waals surface area contributed by atoms with Gasteiger partial charge in [-0.15, -0.1) is 0 Å². The fourth-order valence-corrected chi connectivity index (χ4v) is 2.58. The Morgan fingerprint density at radius 2 is 2.10 bits per heavy atom. The van der Waals surface area contributed by atoms with E-state index in [2.05, 4.69) is 15.9 Å². The first kappa shape index (κ1) is 15.2. The van der Waals surface area contributed by atoms with Crippen molar-refractivity contribution in [3.05, 3.63) is 62.8 Å². The highest BCUT2D eigenvalue weighted by atomic mass is 79.9. The summed E-state index contributed by atoms with van der Waals surface area (Å²) in [6.07, 6.45) is 0. The lowest BCUT2D eigenvalue weighted by Gasteiger charge is -2.12. The van der Waals surface area contributed by atoms with Crippen molar-refractivity contribution in [3.8, 4) is 5.75 Å². The molecule has 0 spiro atoms. The molecule has 0 bridgehead atoms. The van der Waals surface area contributed by atoms with E-state index >= 15 is 0 Å². The third-order valence-electron chi connectivity index (χ3n) is 2.62. The van der Waals surface area contributed by atoms with Crippen LogP contribution < -0.4 is 10.5 Å². The largest absolute Gasteiger partial charge is 0.488 e. The molecule has 0 aliphatic rings. The molecule has 6 heteroatoms. The predicted octanol–water partition coefficient (Wildman–Crippen LogP) is 4.45. The van der Waals surface area contributed by atoms with Crippen LogP contribution in [0.25, 0.3) is 0 Å². The summed E-state index contributed by atoms with van der Waals surface area (Å²) >= 11 is 14.3. The highest BCUT2D eigenvalue weighted by molar-refractivity contribution is 9.10. The molecule has 20 heavy (non-hydrogen) atoms. The van der Waals surface area contributed by atoms with Crippen molar-refractivity contribution in [2.75, 3.05) is 0 Å². The zero-order valence-electron chi connectivity index (χ0n) is 10.2. The second kappa shape index (κ2) is 6.52. The molecular formula is C14H10BrClFNOS. The fourth-order valence-electron chi connectivity index (χ4n) is 1.66. The number of ether oxygens (including phenoxy) is 1. The number of rotatable bonds is 4. The summed E-state index contributed by atoms with van der Waals surface area (Å²) in [5, 5.41) is 0.563. The quantitative estimate of drug-likeness (QED) is 0.803. The highest BCUT2D eigenvalue weighted by Crippen LogP contribution is 2.25. The van der Waals surface area contributed by atoms with E-state index in [4.69, 9.17) is 34.3 Å². The van der Waals surface area contributed by atoms with Crippen molar-refractivity contribution >= 4 is 44.7 Å². The molecule has 2 nitrogen and oxygen atoms in total. The van der Waals surface area contributed by atoms with E-state index in [1.54, 1.807) is 12.1 Å². The van der Waals surface area contributed by atoms with Crippen molar-refractivity contribution in [2.45, 2.75) is 6.61 Å². The molecule has 0 aromatic heterocycles. The minimum absolute atomic E-state index is 0.0417. The third-order valence-corrected chi connectivity index (χ3v) is 3.67. The van der Waals surface area contributed by atoms with Gasteiger partial charge in [0, 0.05) is 15.1 Å². The highest BCUT2D eigenvalue weighted by Gasteiger charge is 2.13. The smallest absolute Gasteiger partial charge is 0.137 e. The molecule has 0 saturated heterocycles. The average Bonchev–Trinajstić information content (AvgIpc) is 2.37. The molecule has 0 atom stereocenters. The Labute approximate surface area is 134 Å². The minimum atomic E-state index is -0.503. The van der Waals surface area contributed by atoms with Crippen molar-refractivity contribution in [1.29, 1.82) is 0 Å². The maximum atomic E-state index is 13.7. The molecule has 2 aromatic rings. The molecular weight excluding hydrogens is 365 g/mol. The van der Waals surface area contributed by atoms with Gasteiger partial charge in [0.05, 0.1) is 5.56 Å². The molecule has 0 radical (unpaired) electrons. The zero-order valence-corrected chi connectivity index (χ0v) is 13.4. The number of benzene rings is 2. The molecule has 2 aromatic carbocycles. The lowest BCUT2D eigenvalue weighted by atomic mass is 10.2. The van der Waals surface area contributed by atoms with E-state index in [-0.39, 0.29) is 17.2 Å². The number of halogens is 3. The second-order valence-electron chi connectivity index (χ2n) is 4.00. The summed E-state index contributed by atoms with van der Waals surface area (Å²) < 4.78 is 20.1. The molecule has 2 rings (SSSR count). The minimum Gasteiger partial charge on any atom is -0.488 e. The Morgan fingerprint density at radius 1 is 1.35 bits per heavy atom. The maximum absolute atomic E-state index is 13.7.